The number of rotatable bonds is 5. The van der Waals surface area contributed by atoms with E-state index in [1.165, 1.54) is 0 Å². The molecule has 0 saturated carbocycles. The van der Waals surface area contributed by atoms with Crippen molar-refractivity contribution in [3.05, 3.63) is 47.4 Å². The fourth-order valence-corrected chi connectivity index (χ4v) is 2.77. The molecule has 25 heavy (non-hydrogen) atoms. The topological polar surface area (TPSA) is 108 Å². The first-order chi connectivity index (χ1) is 12.1. The van der Waals surface area contributed by atoms with Crippen LogP contribution >= 0.6 is 11.6 Å². The van der Waals surface area contributed by atoms with Crippen molar-refractivity contribution < 1.29 is 14.3 Å². The number of fused-ring (bicyclic) bond motifs is 1. The lowest BCUT2D eigenvalue weighted by molar-refractivity contribution is 0.0476. The predicted octanol–water partition coefficient (Wildman–Crippen LogP) is 1.69. The number of anilines is 1. The van der Waals surface area contributed by atoms with E-state index in [9.17, 15) is 4.79 Å². The van der Waals surface area contributed by atoms with Gasteiger partial charge >= 0.3 is 5.97 Å². The van der Waals surface area contributed by atoms with Crippen LogP contribution in [-0.4, -0.2) is 44.3 Å². The number of benzene rings is 1. The number of esters is 1. The van der Waals surface area contributed by atoms with E-state index in [4.69, 9.17) is 26.8 Å². The Labute approximate surface area is 147 Å². The predicted molar refractivity (Wildman–Crippen MR) is 90.1 cm³/mol. The first-order valence-corrected chi connectivity index (χ1v) is 8.01. The summed E-state index contributed by atoms with van der Waals surface area (Å²) in [5.41, 5.74) is 7.18. The second kappa shape index (κ2) is 6.30. The molecule has 0 radical (unpaired) electrons. The number of epoxide rings is 1. The average molecular weight is 360 g/mol. The highest BCUT2D eigenvalue weighted by Gasteiger charge is 2.40. The number of carbonyl (C=O) groups is 1. The van der Waals surface area contributed by atoms with Gasteiger partial charge in [-0.2, -0.15) is 9.97 Å². The van der Waals surface area contributed by atoms with Crippen molar-refractivity contribution in [2.24, 2.45) is 0 Å². The molecule has 1 aliphatic heterocycles. The minimum Gasteiger partial charge on any atom is -0.459 e. The average Bonchev–Trinajstić information content (AvgIpc) is 3.23. The molecule has 1 fully saturated rings. The summed E-state index contributed by atoms with van der Waals surface area (Å²) in [6.45, 7) is 0.708. The normalized spacial score (nSPS) is 19.1. The standard InChI is InChI=1S/C16H14ClN5O3/c17-13-12-14(21-16(18)20-13)22(8-19-12)6-10-11(25-10)7-24-15(23)9-4-2-1-3-5-9/h1-5,8,10-11H,6-7H2,(H2,18,20,21). The van der Waals surface area contributed by atoms with E-state index in [-0.39, 0.29) is 35.9 Å². The molecule has 1 saturated heterocycles. The van der Waals surface area contributed by atoms with Gasteiger partial charge in [-0.15, -0.1) is 0 Å². The van der Waals surface area contributed by atoms with Gasteiger partial charge in [-0.05, 0) is 12.1 Å². The Kier molecular flexibility index (Phi) is 3.98. The third-order valence-electron chi connectivity index (χ3n) is 3.89. The number of ether oxygens (including phenoxy) is 2. The van der Waals surface area contributed by atoms with Crippen LogP contribution in [0.5, 0.6) is 0 Å². The lowest BCUT2D eigenvalue weighted by Gasteiger charge is -2.03. The van der Waals surface area contributed by atoms with Gasteiger partial charge in [0.1, 0.15) is 24.3 Å². The van der Waals surface area contributed by atoms with Gasteiger partial charge in [0.05, 0.1) is 18.4 Å². The number of halogens is 1. The van der Waals surface area contributed by atoms with Gasteiger partial charge in [0.2, 0.25) is 5.95 Å². The fraction of sp³-hybridized carbons (Fsp3) is 0.250. The summed E-state index contributed by atoms with van der Waals surface area (Å²) in [6.07, 6.45) is 1.37. The largest absolute Gasteiger partial charge is 0.459 e. The summed E-state index contributed by atoms with van der Waals surface area (Å²) in [7, 11) is 0. The molecule has 2 atom stereocenters. The molecule has 8 nitrogen and oxygen atoms in total. The third kappa shape index (κ3) is 3.26. The molecule has 0 bridgehead atoms. The number of hydrogen-bond acceptors (Lipinski definition) is 7. The second-order valence-electron chi connectivity index (χ2n) is 5.62. The highest BCUT2D eigenvalue weighted by Crippen LogP contribution is 2.27. The maximum absolute atomic E-state index is 11.9. The van der Waals surface area contributed by atoms with Crippen LogP contribution in [-0.2, 0) is 16.0 Å². The van der Waals surface area contributed by atoms with Crippen LogP contribution in [0, 0.1) is 0 Å². The van der Waals surface area contributed by atoms with Crippen LogP contribution < -0.4 is 5.73 Å². The van der Waals surface area contributed by atoms with Crippen LogP contribution in [0.3, 0.4) is 0 Å². The first-order valence-electron chi connectivity index (χ1n) is 7.63. The molecule has 2 N–H and O–H groups in total. The minimum atomic E-state index is -0.366. The Hall–Kier alpha value is -2.71. The van der Waals surface area contributed by atoms with Crippen molar-refractivity contribution in [2.45, 2.75) is 18.8 Å². The zero-order valence-electron chi connectivity index (χ0n) is 13.0. The summed E-state index contributed by atoms with van der Waals surface area (Å²) in [5.74, 6) is -0.278. The van der Waals surface area contributed by atoms with E-state index < -0.39 is 0 Å². The molecule has 3 heterocycles. The maximum atomic E-state index is 11.9. The van der Waals surface area contributed by atoms with Gasteiger partial charge in [0, 0.05) is 0 Å². The van der Waals surface area contributed by atoms with Crippen molar-refractivity contribution in [1.82, 2.24) is 19.5 Å². The Balaban J connectivity index is 1.36. The summed E-state index contributed by atoms with van der Waals surface area (Å²) in [4.78, 5) is 24.1. The van der Waals surface area contributed by atoms with Crippen molar-refractivity contribution in [3.8, 4) is 0 Å². The van der Waals surface area contributed by atoms with Gasteiger partial charge in [0.15, 0.2) is 10.8 Å². The molecule has 128 valence electrons. The van der Waals surface area contributed by atoms with Crippen molar-refractivity contribution >= 4 is 34.7 Å². The molecule has 2 unspecified atom stereocenters. The molecule has 4 rings (SSSR count). The van der Waals surface area contributed by atoms with E-state index in [0.717, 1.165) is 0 Å². The Bertz CT molecular complexity index is 930. The van der Waals surface area contributed by atoms with Gasteiger partial charge in [-0.3, -0.25) is 0 Å². The smallest absolute Gasteiger partial charge is 0.338 e. The number of imidazole rings is 1. The quantitative estimate of drug-likeness (QED) is 0.419. The molecule has 9 heteroatoms. The number of hydrogen-bond donors (Lipinski definition) is 1. The molecule has 0 aliphatic carbocycles. The first kappa shape index (κ1) is 15.8. The van der Waals surface area contributed by atoms with E-state index in [2.05, 4.69) is 15.0 Å². The van der Waals surface area contributed by atoms with Crippen LogP contribution in [0.4, 0.5) is 5.95 Å². The number of carbonyl (C=O) groups excluding carboxylic acids is 1. The van der Waals surface area contributed by atoms with Crippen LogP contribution in [0.1, 0.15) is 10.4 Å². The van der Waals surface area contributed by atoms with Gasteiger partial charge < -0.3 is 19.8 Å². The highest BCUT2D eigenvalue weighted by molar-refractivity contribution is 6.33. The molecule has 0 spiro atoms. The van der Waals surface area contributed by atoms with E-state index >= 15 is 0 Å². The Morgan fingerprint density at radius 3 is 2.88 bits per heavy atom. The van der Waals surface area contributed by atoms with E-state index in [1.807, 2.05) is 6.07 Å². The van der Waals surface area contributed by atoms with Gasteiger partial charge in [-0.25, -0.2) is 9.78 Å². The zero-order chi connectivity index (χ0) is 17.4. The third-order valence-corrected chi connectivity index (χ3v) is 4.15. The number of aromatic nitrogens is 4. The van der Waals surface area contributed by atoms with Crippen molar-refractivity contribution in [2.75, 3.05) is 12.3 Å². The Morgan fingerprint density at radius 1 is 1.28 bits per heavy atom. The molecule has 2 aromatic heterocycles. The number of nitrogen functional groups attached to an aromatic ring is 1. The SMILES string of the molecule is Nc1nc(Cl)c2ncn(CC3OC3COC(=O)c3ccccc3)c2n1. The van der Waals surface area contributed by atoms with E-state index in [1.54, 1.807) is 35.2 Å². The summed E-state index contributed by atoms with van der Waals surface area (Å²) in [5, 5.41) is 0.214. The lowest BCUT2D eigenvalue weighted by atomic mass is 10.2. The summed E-state index contributed by atoms with van der Waals surface area (Å²) in [6, 6.07) is 8.83. The zero-order valence-corrected chi connectivity index (χ0v) is 13.8. The maximum Gasteiger partial charge on any atom is 0.338 e. The van der Waals surface area contributed by atoms with Crippen LogP contribution in [0.25, 0.3) is 11.2 Å². The molecule has 3 aromatic rings. The van der Waals surface area contributed by atoms with Crippen LogP contribution in [0.2, 0.25) is 5.15 Å². The monoisotopic (exact) mass is 359 g/mol. The van der Waals surface area contributed by atoms with Crippen molar-refractivity contribution in [1.29, 1.82) is 0 Å². The molecular formula is C16H14ClN5O3. The fourth-order valence-electron chi connectivity index (χ4n) is 2.55. The Morgan fingerprint density at radius 2 is 2.08 bits per heavy atom. The highest BCUT2D eigenvalue weighted by atomic mass is 35.5. The van der Waals surface area contributed by atoms with E-state index in [0.29, 0.717) is 23.3 Å². The molecule has 1 aromatic carbocycles. The molecule has 0 amide bonds. The molecular weight excluding hydrogens is 346 g/mol. The number of nitrogens with two attached hydrogens (primary N) is 1. The lowest BCUT2D eigenvalue weighted by Crippen LogP contribution is -2.14. The van der Waals surface area contributed by atoms with Crippen molar-refractivity contribution in [3.63, 3.8) is 0 Å². The van der Waals surface area contributed by atoms with Gasteiger partial charge in [-0.1, -0.05) is 29.8 Å². The van der Waals surface area contributed by atoms with Crippen LogP contribution in [0.15, 0.2) is 36.7 Å². The minimum absolute atomic E-state index is 0.0871. The summed E-state index contributed by atoms with van der Waals surface area (Å²) < 4.78 is 12.6. The number of nitrogens with zero attached hydrogens (tertiary/aromatic N) is 4. The second-order valence-corrected chi connectivity index (χ2v) is 5.98. The summed E-state index contributed by atoms with van der Waals surface area (Å²) >= 11 is 6.00. The van der Waals surface area contributed by atoms with Gasteiger partial charge in [0.25, 0.3) is 0 Å². The molecule has 1 aliphatic rings.